The van der Waals surface area contributed by atoms with E-state index in [1.54, 1.807) is 17.6 Å². The van der Waals surface area contributed by atoms with Crippen molar-refractivity contribution in [1.82, 2.24) is 9.97 Å². The first-order chi connectivity index (χ1) is 13.5. The molecule has 3 aromatic heterocycles. The van der Waals surface area contributed by atoms with Crippen LogP contribution in [-0.2, 0) is 17.8 Å². The van der Waals surface area contributed by atoms with Gasteiger partial charge in [-0.25, -0.2) is 14.8 Å². The second kappa shape index (κ2) is 9.55. The highest BCUT2D eigenvalue weighted by Crippen LogP contribution is 2.35. The molecule has 0 spiro atoms. The SMILES string of the molecule is Cc1c(C[C@H](C)N)sc2c(NCc3ccco3)nc(Br)nc12.O=C(O)C(F)(F)F. The lowest BCUT2D eigenvalue weighted by Gasteiger charge is -2.05. The number of aromatic nitrogens is 2. The van der Waals surface area contributed by atoms with E-state index in [9.17, 15) is 13.2 Å². The molecule has 29 heavy (non-hydrogen) atoms. The van der Waals surface area contributed by atoms with Crippen molar-refractivity contribution in [3.05, 3.63) is 39.3 Å². The van der Waals surface area contributed by atoms with Gasteiger partial charge in [-0.2, -0.15) is 13.2 Å². The molecule has 0 bridgehead atoms. The summed E-state index contributed by atoms with van der Waals surface area (Å²) in [5.41, 5.74) is 8.10. The van der Waals surface area contributed by atoms with E-state index >= 15 is 0 Å². The second-order valence-electron chi connectivity index (χ2n) is 6.09. The Kier molecular flexibility index (Phi) is 7.60. The maximum atomic E-state index is 10.6. The molecule has 12 heteroatoms. The third kappa shape index (κ3) is 6.41. The smallest absolute Gasteiger partial charge is 0.475 e. The van der Waals surface area contributed by atoms with Crippen LogP contribution in [0.4, 0.5) is 19.0 Å². The van der Waals surface area contributed by atoms with E-state index in [2.05, 4.69) is 38.1 Å². The average Bonchev–Trinajstić information content (AvgIpc) is 3.22. The van der Waals surface area contributed by atoms with Crippen molar-refractivity contribution in [2.45, 2.75) is 39.0 Å². The van der Waals surface area contributed by atoms with Crippen LogP contribution in [0.3, 0.4) is 0 Å². The third-order valence-corrected chi connectivity index (χ3v) is 5.26. The largest absolute Gasteiger partial charge is 0.490 e. The third-order valence-electron chi connectivity index (χ3n) is 3.60. The Morgan fingerprint density at radius 1 is 1.45 bits per heavy atom. The summed E-state index contributed by atoms with van der Waals surface area (Å²) in [4.78, 5) is 19.1. The van der Waals surface area contributed by atoms with E-state index < -0.39 is 12.1 Å². The number of halogens is 4. The minimum absolute atomic E-state index is 0.127. The molecule has 0 unspecified atom stereocenters. The zero-order valence-electron chi connectivity index (χ0n) is 15.4. The molecule has 4 N–H and O–H groups in total. The van der Waals surface area contributed by atoms with Gasteiger partial charge < -0.3 is 20.6 Å². The van der Waals surface area contributed by atoms with Crippen LogP contribution in [0.25, 0.3) is 10.2 Å². The first-order valence-electron chi connectivity index (χ1n) is 8.26. The second-order valence-corrected chi connectivity index (χ2v) is 7.90. The number of furan rings is 1. The molecule has 0 amide bonds. The first-order valence-corrected chi connectivity index (χ1v) is 9.87. The summed E-state index contributed by atoms with van der Waals surface area (Å²) in [6, 6.07) is 3.93. The van der Waals surface area contributed by atoms with Crippen LogP contribution < -0.4 is 11.1 Å². The Morgan fingerprint density at radius 2 is 2.10 bits per heavy atom. The molecule has 3 heterocycles. The highest BCUT2D eigenvalue weighted by molar-refractivity contribution is 9.10. The van der Waals surface area contributed by atoms with Crippen molar-refractivity contribution in [3.8, 4) is 0 Å². The fraction of sp³-hybridized carbons (Fsp3) is 0.353. The van der Waals surface area contributed by atoms with Crippen molar-refractivity contribution < 1.29 is 27.5 Å². The summed E-state index contributed by atoms with van der Waals surface area (Å²) in [5.74, 6) is -1.07. The molecule has 7 nitrogen and oxygen atoms in total. The van der Waals surface area contributed by atoms with Crippen molar-refractivity contribution in [2.24, 2.45) is 5.73 Å². The van der Waals surface area contributed by atoms with E-state index in [0.29, 0.717) is 11.3 Å². The molecule has 0 aliphatic carbocycles. The Bertz CT molecular complexity index is 975. The first kappa shape index (κ1) is 23.1. The normalized spacial score (nSPS) is 12.4. The number of nitrogens with two attached hydrogens (primary N) is 1. The van der Waals surface area contributed by atoms with Crippen LogP contribution >= 0.6 is 27.3 Å². The van der Waals surface area contributed by atoms with Gasteiger partial charge >= 0.3 is 12.1 Å². The van der Waals surface area contributed by atoms with Crippen LogP contribution in [-0.4, -0.2) is 33.3 Å². The van der Waals surface area contributed by atoms with Crippen LogP contribution in [0, 0.1) is 6.92 Å². The number of carboxylic acids is 1. The molecule has 0 saturated heterocycles. The van der Waals surface area contributed by atoms with Gasteiger partial charge in [-0.05, 0) is 53.9 Å². The highest BCUT2D eigenvalue weighted by atomic mass is 79.9. The molecule has 0 fully saturated rings. The Labute approximate surface area is 176 Å². The van der Waals surface area contributed by atoms with E-state index in [0.717, 1.165) is 28.2 Å². The number of aliphatic carboxylic acids is 1. The molecule has 0 aromatic carbocycles. The predicted octanol–water partition coefficient (Wildman–Crippen LogP) is 4.49. The molecule has 0 radical (unpaired) electrons. The fourth-order valence-electron chi connectivity index (χ4n) is 2.30. The fourth-order valence-corrected chi connectivity index (χ4v) is 4.00. The zero-order valence-corrected chi connectivity index (χ0v) is 17.8. The van der Waals surface area contributed by atoms with Gasteiger partial charge in [0.2, 0.25) is 0 Å². The summed E-state index contributed by atoms with van der Waals surface area (Å²) in [6.07, 6.45) is -2.57. The summed E-state index contributed by atoms with van der Waals surface area (Å²) in [7, 11) is 0. The molecule has 0 saturated carbocycles. The van der Waals surface area contributed by atoms with E-state index in [1.807, 2.05) is 19.1 Å². The summed E-state index contributed by atoms with van der Waals surface area (Å²) >= 11 is 5.10. The molecular weight excluding hydrogens is 477 g/mol. The number of rotatable bonds is 5. The lowest BCUT2D eigenvalue weighted by molar-refractivity contribution is -0.192. The quantitative estimate of drug-likeness (QED) is 0.447. The topological polar surface area (TPSA) is 114 Å². The maximum Gasteiger partial charge on any atom is 0.490 e. The minimum Gasteiger partial charge on any atom is -0.475 e. The van der Waals surface area contributed by atoms with Crippen LogP contribution in [0.15, 0.2) is 27.5 Å². The molecule has 158 valence electrons. The van der Waals surface area contributed by atoms with Gasteiger partial charge in [0.05, 0.1) is 23.0 Å². The average molecular weight is 495 g/mol. The van der Waals surface area contributed by atoms with Crippen molar-refractivity contribution in [3.63, 3.8) is 0 Å². The van der Waals surface area contributed by atoms with Crippen LogP contribution in [0.1, 0.15) is 23.1 Å². The van der Waals surface area contributed by atoms with E-state index in [-0.39, 0.29) is 6.04 Å². The van der Waals surface area contributed by atoms with E-state index in [1.165, 1.54) is 10.4 Å². The van der Waals surface area contributed by atoms with E-state index in [4.69, 9.17) is 20.1 Å². The number of hydrogen-bond donors (Lipinski definition) is 3. The lowest BCUT2D eigenvalue weighted by Crippen LogP contribution is -2.21. The number of alkyl halides is 3. The van der Waals surface area contributed by atoms with Crippen molar-refractivity contribution in [2.75, 3.05) is 5.32 Å². The Balaban J connectivity index is 0.000000370. The summed E-state index contributed by atoms with van der Waals surface area (Å²) < 4.78 is 38.7. The molecular formula is C17H18BrF3N4O3S. The van der Waals surface area contributed by atoms with Crippen molar-refractivity contribution >= 4 is 49.3 Å². The van der Waals surface area contributed by atoms with Gasteiger partial charge in [0.25, 0.3) is 0 Å². The van der Waals surface area contributed by atoms with Gasteiger partial charge in [0, 0.05) is 10.9 Å². The summed E-state index contributed by atoms with van der Waals surface area (Å²) in [5, 5.41) is 10.5. The molecule has 3 aromatic rings. The monoisotopic (exact) mass is 494 g/mol. The number of carboxylic acid groups (broad SMARTS) is 1. The molecule has 1 atom stereocenters. The standard InChI is InChI=1S/C15H17BrN4OS.C2HF3O2/c1-8(17)6-11-9(2)12-13(22-11)14(20-15(16)19-12)18-7-10-4-3-5-21-10;3-2(4,5)1(6)7/h3-5,8H,6-7,17H2,1-2H3,(H,18,19,20);(H,6,7)/t8-;/m0./s1. The number of nitrogens with zero attached hydrogens (tertiary/aromatic N) is 2. The van der Waals surface area contributed by atoms with Gasteiger partial charge in [-0.15, -0.1) is 11.3 Å². The summed E-state index contributed by atoms with van der Waals surface area (Å²) in [6.45, 7) is 4.69. The van der Waals surface area contributed by atoms with Gasteiger partial charge in [0.15, 0.2) is 4.73 Å². The van der Waals surface area contributed by atoms with Gasteiger partial charge in [-0.3, -0.25) is 0 Å². The lowest BCUT2D eigenvalue weighted by atomic mass is 10.1. The van der Waals surface area contributed by atoms with Crippen molar-refractivity contribution in [1.29, 1.82) is 0 Å². The number of nitrogens with one attached hydrogen (secondary N) is 1. The number of fused-ring (bicyclic) bond motifs is 1. The Morgan fingerprint density at radius 3 is 2.62 bits per heavy atom. The number of hydrogen-bond acceptors (Lipinski definition) is 7. The number of carbonyl (C=O) groups is 1. The highest BCUT2D eigenvalue weighted by Gasteiger charge is 2.38. The van der Waals surface area contributed by atoms with Gasteiger partial charge in [0.1, 0.15) is 11.6 Å². The Hall–Kier alpha value is -2.18. The number of anilines is 1. The molecule has 0 aliphatic heterocycles. The zero-order chi connectivity index (χ0) is 21.8. The number of thiophene rings is 1. The minimum atomic E-state index is -5.08. The van der Waals surface area contributed by atoms with Gasteiger partial charge in [-0.1, -0.05) is 0 Å². The maximum absolute atomic E-state index is 10.6. The molecule has 0 aliphatic rings. The predicted molar refractivity (Wildman–Crippen MR) is 107 cm³/mol. The van der Waals surface area contributed by atoms with Crippen LogP contribution in [0.2, 0.25) is 0 Å². The number of aryl methyl sites for hydroxylation is 1. The van der Waals surface area contributed by atoms with Crippen LogP contribution in [0.5, 0.6) is 0 Å². The molecule has 3 rings (SSSR count).